The summed E-state index contributed by atoms with van der Waals surface area (Å²) in [7, 11) is 0. The summed E-state index contributed by atoms with van der Waals surface area (Å²) in [5, 5.41) is 2.82. The summed E-state index contributed by atoms with van der Waals surface area (Å²) < 4.78 is 5.75. The van der Waals surface area contributed by atoms with Crippen molar-refractivity contribution in [3.05, 3.63) is 22.8 Å². The minimum atomic E-state index is -0.337. The van der Waals surface area contributed by atoms with Crippen LogP contribution in [0.15, 0.2) is 22.8 Å². The smallest absolute Gasteiger partial charge is 0.247 e. The molecule has 0 aromatic rings. The van der Waals surface area contributed by atoms with Crippen molar-refractivity contribution < 1.29 is 19.1 Å². The standard InChI is InChI=1S/C22H27NO4/c1-10-9-12-13-5-6-15(25)21(13,3)8-7-14(12)22(4)16(10)17(23-11(2)24)18(26)19-20(22)27-19/h10,12-14H,5-9H2,1-4H3,(H,23,24)/t10?,12-,13-,14-,21-,22+/m0/s1. The van der Waals surface area contributed by atoms with Crippen LogP contribution in [0.25, 0.3) is 0 Å². The number of hydrogen-bond acceptors (Lipinski definition) is 4. The number of carbonyl (C=O) groups is 3. The number of Topliss-reactive ketones (excluding diaryl/α,β-unsaturated/α-hetero) is 2. The fourth-order valence-electron chi connectivity index (χ4n) is 7.24. The lowest BCUT2D eigenvalue weighted by atomic mass is 9.46. The molecular weight excluding hydrogens is 342 g/mol. The molecule has 27 heavy (non-hydrogen) atoms. The number of nitrogens with one attached hydrogen (secondary N) is 1. The van der Waals surface area contributed by atoms with Gasteiger partial charge in [0.25, 0.3) is 0 Å². The first kappa shape index (κ1) is 17.2. The van der Waals surface area contributed by atoms with Crippen LogP contribution in [0.3, 0.4) is 0 Å². The highest BCUT2D eigenvalue weighted by atomic mass is 16.6. The number of carbonyl (C=O) groups excluding carboxylic acids is 3. The second-order valence-corrected chi connectivity index (χ2v) is 9.69. The van der Waals surface area contributed by atoms with Crippen molar-refractivity contribution in [2.45, 2.75) is 59.8 Å². The molecule has 5 rings (SSSR count). The molecule has 1 N–H and O–H groups in total. The summed E-state index contributed by atoms with van der Waals surface area (Å²) in [4.78, 5) is 37.2. The van der Waals surface area contributed by atoms with Crippen LogP contribution in [-0.4, -0.2) is 17.5 Å². The van der Waals surface area contributed by atoms with E-state index in [2.05, 4.69) is 26.1 Å². The highest BCUT2D eigenvalue weighted by molar-refractivity contribution is 6.13. The first-order valence-corrected chi connectivity index (χ1v) is 10.2. The Morgan fingerprint density at radius 1 is 1.19 bits per heavy atom. The van der Waals surface area contributed by atoms with Gasteiger partial charge in [-0.2, -0.15) is 0 Å². The van der Waals surface area contributed by atoms with Gasteiger partial charge in [-0.15, -0.1) is 0 Å². The predicted octanol–water partition coefficient (Wildman–Crippen LogP) is 3.26. The van der Waals surface area contributed by atoms with Crippen LogP contribution in [0, 0.1) is 34.5 Å². The highest BCUT2D eigenvalue weighted by Gasteiger charge is 2.66. The number of hydrogen-bond donors (Lipinski definition) is 1. The molecule has 0 aromatic carbocycles. The van der Waals surface area contributed by atoms with E-state index in [0.29, 0.717) is 41.4 Å². The molecule has 144 valence electrons. The number of ether oxygens (including phenoxy) is 1. The first-order chi connectivity index (χ1) is 12.7. The third-order valence-electron chi connectivity index (χ3n) is 8.41. The van der Waals surface area contributed by atoms with E-state index >= 15 is 0 Å². The summed E-state index contributed by atoms with van der Waals surface area (Å²) in [6, 6.07) is 0. The van der Waals surface area contributed by atoms with Gasteiger partial charge in [-0.05, 0) is 61.9 Å². The maximum absolute atomic E-state index is 12.8. The van der Waals surface area contributed by atoms with E-state index in [9.17, 15) is 14.4 Å². The number of ketones is 2. The summed E-state index contributed by atoms with van der Waals surface area (Å²) in [6.07, 6.45) is 4.56. The van der Waals surface area contributed by atoms with Crippen LogP contribution < -0.4 is 5.32 Å². The monoisotopic (exact) mass is 369 g/mol. The molecule has 1 unspecified atom stereocenters. The van der Waals surface area contributed by atoms with Crippen molar-refractivity contribution in [3.8, 4) is 0 Å². The third-order valence-corrected chi connectivity index (χ3v) is 8.41. The van der Waals surface area contributed by atoms with Crippen molar-refractivity contribution in [1.29, 1.82) is 0 Å². The van der Waals surface area contributed by atoms with Gasteiger partial charge in [0.2, 0.25) is 17.4 Å². The number of allylic oxidation sites excluding steroid dienone is 1. The zero-order valence-electron chi connectivity index (χ0n) is 16.5. The van der Waals surface area contributed by atoms with E-state index in [1.807, 2.05) is 0 Å². The maximum Gasteiger partial charge on any atom is 0.247 e. The van der Waals surface area contributed by atoms with E-state index < -0.39 is 0 Å². The lowest BCUT2D eigenvalue weighted by Gasteiger charge is -2.56. The fourth-order valence-corrected chi connectivity index (χ4v) is 7.24. The van der Waals surface area contributed by atoms with Crippen molar-refractivity contribution in [1.82, 2.24) is 5.32 Å². The zero-order valence-corrected chi connectivity index (χ0v) is 16.5. The van der Waals surface area contributed by atoms with Gasteiger partial charge in [0.1, 0.15) is 5.78 Å². The van der Waals surface area contributed by atoms with Crippen LogP contribution in [0.4, 0.5) is 0 Å². The van der Waals surface area contributed by atoms with E-state index in [4.69, 9.17) is 4.74 Å². The van der Waals surface area contributed by atoms with Gasteiger partial charge in [-0.1, -0.05) is 13.8 Å². The van der Waals surface area contributed by atoms with Crippen LogP contribution in [-0.2, 0) is 19.1 Å². The summed E-state index contributed by atoms with van der Waals surface area (Å²) in [5.74, 6) is 2.73. The molecule has 1 aliphatic heterocycles. The molecule has 5 aliphatic rings. The Bertz CT molecular complexity index is 868. The molecule has 5 heteroatoms. The van der Waals surface area contributed by atoms with Gasteiger partial charge in [-0.25, -0.2) is 0 Å². The minimum absolute atomic E-state index is 0.172. The molecule has 0 saturated heterocycles. The molecule has 4 aliphatic carbocycles. The van der Waals surface area contributed by atoms with Gasteiger partial charge < -0.3 is 10.1 Å². The van der Waals surface area contributed by atoms with Crippen LogP contribution in [0.1, 0.15) is 59.8 Å². The summed E-state index contributed by atoms with van der Waals surface area (Å²) in [5.41, 5.74) is 0.984. The van der Waals surface area contributed by atoms with E-state index in [0.717, 1.165) is 37.0 Å². The zero-order chi connectivity index (χ0) is 19.3. The highest BCUT2D eigenvalue weighted by Crippen LogP contribution is 2.69. The Morgan fingerprint density at radius 2 is 1.93 bits per heavy atom. The second kappa shape index (κ2) is 5.12. The molecule has 6 atom stereocenters. The molecule has 3 fully saturated rings. The summed E-state index contributed by atoms with van der Waals surface area (Å²) in [6.45, 7) is 7.98. The van der Waals surface area contributed by atoms with Crippen molar-refractivity contribution in [2.75, 3.05) is 0 Å². The molecule has 0 aromatic heterocycles. The van der Waals surface area contributed by atoms with Gasteiger partial charge >= 0.3 is 0 Å². The molecule has 5 nitrogen and oxygen atoms in total. The van der Waals surface area contributed by atoms with E-state index in [-0.39, 0.29) is 28.4 Å². The molecule has 1 amide bonds. The van der Waals surface area contributed by atoms with Crippen LogP contribution in [0.5, 0.6) is 0 Å². The fraction of sp³-hybridized carbons (Fsp3) is 0.682. The van der Waals surface area contributed by atoms with Gasteiger partial charge in [0, 0.05) is 18.8 Å². The lowest BCUT2D eigenvalue weighted by Crippen LogP contribution is -2.53. The third kappa shape index (κ3) is 1.98. The van der Waals surface area contributed by atoms with E-state index in [1.54, 1.807) is 0 Å². The minimum Gasteiger partial charge on any atom is -0.449 e. The van der Waals surface area contributed by atoms with Gasteiger partial charge in [-0.3, -0.25) is 14.4 Å². The van der Waals surface area contributed by atoms with Crippen LogP contribution in [0.2, 0.25) is 0 Å². The molecule has 0 radical (unpaired) electrons. The van der Waals surface area contributed by atoms with Crippen molar-refractivity contribution in [3.63, 3.8) is 0 Å². The maximum atomic E-state index is 12.8. The Hall–Kier alpha value is -1.91. The number of rotatable bonds is 1. The average molecular weight is 369 g/mol. The molecule has 0 bridgehead atoms. The summed E-state index contributed by atoms with van der Waals surface area (Å²) >= 11 is 0. The normalized spacial score (nSPS) is 44.9. The molecular formula is C22H27NO4. The Kier molecular flexibility index (Phi) is 3.26. The molecule has 1 heterocycles. The SMILES string of the molecule is CC(=O)NC1=C2C(C)C[C@@H]3[C@H](CC[C@]4(C)C(=O)CC[C@@H]34)[C@@]2(C)C2=C(O2)C1=O. The average Bonchev–Trinajstić information content (AvgIpc) is 3.34. The predicted molar refractivity (Wildman–Crippen MR) is 97.9 cm³/mol. The molecule has 0 spiro atoms. The Morgan fingerprint density at radius 3 is 2.63 bits per heavy atom. The van der Waals surface area contributed by atoms with E-state index in [1.165, 1.54) is 6.92 Å². The Labute approximate surface area is 159 Å². The van der Waals surface area contributed by atoms with Crippen molar-refractivity contribution in [2.24, 2.45) is 34.5 Å². The van der Waals surface area contributed by atoms with Crippen LogP contribution >= 0.6 is 0 Å². The number of amides is 1. The largest absolute Gasteiger partial charge is 0.449 e. The number of fused-ring (bicyclic) bond motifs is 6. The molecule has 3 saturated carbocycles. The lowest BCUT2D eigenvalue weighted by molar-refractivity contribution is -0.132. The van der Waals surface area contributed by atoms with Gasteiger partial charge in [0.05, 0.1) is 11.1 Å². The van der Waals surface area contributed by atoms with Crippen molar-refractivity contribution >= 4 is 17.5 Å². The quantitative estimate of drug-likeness (QED) is 0.770. The first-order valence-electron chi connectivity index (χ1n) is 10.2. The second-order valence-electron chi connectivity index (χ2n) is 9.69. The topological polar surface area (TPSA) is 75.8 Å². The Balaban J connectivity index is 1.63. The van der Waals surface area contributed by atoms with Gasteiger partial charge in [0.15, 0.2) is 5.76 Å².